The van der Waals surface area contributed by atoms with Crippen LogP contribution in [0, 0.1) is 0 Å². The zero-order chi connectivity index (χ0) is 18.9. The molecule has 9 heteroatoms. The van der Waals surface area contributed by atoms with Gasteiger partial charge in [0, 0.05) is 25.0 Å². The maximum atomic E-state index is 13.4. The molecule has 0 fully saturated rings. The molecule has 0 radical (unpaired) electrons. The monoisotopic (exact) mass is 362 g/mol. The Balaban J connectivity index is 2.02. The fourth-order valence-corrected chi connectivity index (χ4v) is 2.53. The van der Waals surface area contributed by atoms with Crippen molar-refractivity contribution in [1.82, 2.24) is 19.9 Å². The molecule has 1 amide bonds. The van der Waals surface area contributed by atoms with Crippen LogP contribution < -0.4 is 10.9 Å². The Morgan fingerprint density at radius 3 is 2.58 bits per heavy atom. The van der Waals surface area contributed by atoms with Crippen molar-refractivity contribution in [3.05, 3.63) is 70.4 Å². The Bertz CT molecular complexity index is 1020. The first-order valence-electron chi connectivity index (χ1n) is 7.52. The number of fused-ring (bicyclic) bond motifs is 1. The van der Waals surface area contributed by atoms with Crippen LogP contribution in [0.4, 0.5) is 13.2 Å². The Hall–Kier alpha value is -3.23. The normalized spacial score (nSPS) is 12.8. The quantitative estimate of drug-likeness (QED) is 0.776. The summed E-state index contributed by atoms with van der Waals surface area (Å²) in [5.41, 5.74) is -0.845. The summed E-state index contributed by atoms with van der Waals surface area (Å²) in [4.78, 5) is 32.3. The van der Waals surface area contributed by atoms with Gasteiger partial charge in [-0.2, -0.15) is 13.2 Å². The molecule has 2 heterocycles. The van der Waals surface area contributed by atoms with Gasteiger partial charge >= 0.3 is 6.18 Å². The minimum Gasteiger partial charge on any atom is -0.335 e. The molecule has 3 rings (SSSR count). The van der Waals surface area contributed by atoms with E-state index in [1.54, 1.807) is 24.3 Å². The molecule has 0 saturated carbocycles. The van der Waals surface area contributed by atoms with E-state index >= 15 is 0 Å². The lowest BCUT2D eigenvalue weighted by Crippen LogP contribution is -2.41. The molecule has 6 nitrogen and oxygen atoms in total. The molecule has 1 atom stereocenters. The first-order valence-corrected chi connectivity index (χ1v) is 7.52. The van der Waals surface area contributed by atoms with Crippen LogP contribution in [0.1, 0.15) is 22.1 Å². The Kier molecular flexibility index (Phi) is 4.45. The van der Waals surface area contributed by atoms with E-state index in [1.807, 2.05) is 5.32 Å². The number of pyridine rings is 1. The van der Waals surface area contributed by atoms with Gasteiger partial charge in [0.1, 0.15) is 0 Å². The van der Waals surface area contributed by atoms with Gasteiger partial charge in [-0.15, -0.1) is 0 Å². The molecular weight excluding hydrogens is 349 g/mol. The standard InChI is InChI=1S/C17H13F3N4O2/c1-24-12-7-3-2-6-11(12)22-13(16(24)26)15(25)23-14(17(18,19)20)10-5-4-8-21-9-10/h2-9,14H,1H3,(H,23,25)/t14-/m1/s1. The summed E-state index contributed by atoms with van der Waals surface area (Å²) < 4.78 is 41.3. The van der Waals surface area contributed by atoms with E-state index in [4.69, 9.17) is 0 Å². The number of aryl methyl sites for hydroxylation is 1. The van der Waals surface area contributed by atoms with Gasteiger partial charge in [0.25, 0.3) is 11.5 Å². The molecule has 0 bridgehead atoms. The Morgan fingerprint density at radius 1 is 1.19 bits per heavy atom. The number of nitrogens with zero attached hydrogens (tertiary/aromatic N) is 3. The smallest absolute Gasteiger partial charge is 0.335 e. The Morgan fingerprint density at radius 2 is 1.92 bits per heavy atom. The molecule has 1 aromatic carbocycles. The number of halogens is 3. The van der Waals surface area contributed by atoms with Crippen molar-refractivity contribution in [1.29, 1.82) is 0 Å². The van der Waals surface area contributed by atoms with Crippen molar-refractivity contribution in [2.24, 2.45) is 7.05 Å². The fraction of sp³-hybridized carbons (Fsp3) is 0.176. The number of amides is 1. The number of hydrogen-bond donors (Lipinski definition) is 1. The number of rotatable bonds is 3. The van der Waals surface area contributed by atoms with Gasteiger partial charge in [-0.1, -0.05) is 18.2 Å². The van der Waals surface area contributed by atoms with E-state index in [0.717, 1.165) is 6.20 Å². The van der Waals surface area contributed by atoms with Crippen LogP contribution in [-0.4, -0.2) is 26.6 Å². The highest BCUT2D eigenvalue weighted by atomic mass is 19.4. The number of carbonyl (C=O) groups is 1. The minimum absolute atomic E-state index is 0.244. The Labute approximate surface area is 145 Å². The lowest BCUT2D eigenvalue weighted by Gasteiger charge is -2.21. The summed E-state index contributed by atoms with van der Waals surface area (Å²) in [6.07, 6.45) is -2.44. The number of hydrogen-bond acceptors (Lipinski definition) is 4. The van der Waals surface area contributed by atoms with Crippen LogP contribution in [0.2, 0.25) is 0 Å². The zero-order valence-corrected chi connectivity index (χ0v) is 13.5. The molecule has 0 unspecified atom stereocenters. The van der Waals surface area contributed by atoms with E-state index < -0.39 is 29.4 Å². The van der Waals surface area contributed by atoms with Crippen LogP contribution >= 0.6 is 0 Å². The molecule has 0 aliphatic rings. The van der Waals surface area contributed by atoms with Crippen molar-refractivity contribution in [2.45, 2.75) is 12.2 Å². The highest BCUT2D eigenvalue weighted by Crippen LogP contribution is 2.32. The molecule has 134 valence electrons. The summed E-state index contributed by atoms with van der Waals surface area (Å²) in [5, 5.41) is 1.84. The summed E-state index contributed by atoms with van der Waals surface area (Å²) in [6.45, 7) is 0. The SMILES string of the molecule is Cn1c(=O)c(C(=O)N[C@H](c2cccnc2)C(F)(F)F)nc2ccccc21. The second-order valence-electron chi connectivity index (χ2n) is 5.55. The number of nitrogens with one attached hydrogen (secondary N) is 1. The molecule has 0 spiro atoms. The fourth-order valence-electron chi connectivity index (χ4n) is 2.53. The summed E-state index contributed by atoms with van der Waals surface area (Å²) in [6, 6.07) is 6.74. The van der Waals surface area contributed by atoms with Crippen LogP contribution in [0.5, 0.6) is 0 Å². The van der Waals surface area contributed by atoms with Gasteiger partial charge in [0.05, 0.1) is 11.0 Å². The van der Waals surface area contributed by atoms with Gasteiger partial charge in [0.15, 0.2) is 11.7 Å². The zero-order valence-electron chi connectivity index (χ0n) is 13.5. The topological polar surface area (TPSA) is 76.9 Å². The summed E-state index contributed by atoms with van der Waals surface area (Å²) >= 11 is 0. The highest BCUT2D eigenvalue weighted by molar-refractivity contribution is 5.94. The number of benzene rings is 1. The molecule has 3 aromatic rings. The first-order chi connectivity index (χ1) is 12.3. The largest absolute Gasteiger partial charge is 0.412 e. The molecule has 0 aliphatic heterocycles. The third-order valence-corrected chi connectivity index (χ3v) is 3.82. The van der Waals surface area contributed by atoms with Gasteiger partial charge < -0.3 is 9.88 Å². The van der Waals surface area contributed by atoms with Crippen LogP contribution in [0.15, 0.2) is 53.6 Å². The molecule has 26 heavy (non-hydrogen) atoms. The number of para-hydroxylation sites is 2. The van der Waals surface area contributed by atoms with E-state index in [2.05, 4.69) is 9.97 Å². The van der Waals surface area contributed by atoms with Crippen LogP contribution in [0.3, 0.4) is 0 Å². The maximum absolute atomic E-state index is 13.4. The molecular formula is C17H13F3N4O2. The average Bonchev–Trinajstić information content (AvgIpc) is 2.62. The van der Waals surface area contributed by atoms with E-state index in [0.29, 0.717) is 11.0 Å². The lowest BCUT2D eigenvalue weighted by molar-refractivity contribution is -0.155. The molecule has 0 saturated heterocycles. The van der Waals surface area contributed by atoms with Gasteiger partial charge in [-0.3, -0.25) is 14.6 Å². The van der Waals surface area contributed by atoms with Gasteiger partial charge in [0.2, 0.25) is 0 Å². The van der Waals surface area contributed by atoms with Crippen molar-refractivity contribution in [3.8, 4) is 0 Å². The lowest BCUT2D eigenvalue weighted by atomic mass is 10.1. The van der Waals surface area contributed by atoms with E-state index in [1.165, 1.54) is 29.9 Å². The van der Waals surface area contributed by atoms with Gasteiger partial charge in [-0.05, 0) is 18.2 Å². The predicted octanol–water partition coefficient (Wildman–Crippen LogP) is 2.36. The van der Waals surface area contributed by atoms with Crippen molar-refractivity contribution in [3.63, 3.8) is 0 Å². The molecule has 0 aliphatic carbocycles. The highest BCUT2D eigenvalue weighted by Gasteiger charge is 2.42. The molecule has 2 aromatic heterocycles. The number of aromatic nitrogens is 3. The summed E-state index contributed by atoms with van der Waals surface area (Å²) in [7, 11) is 1.42. The second-order valence-corrected chi connectivity index (χ2v) is 5.55. The van der Waals surface area contributed by atoms with E-state index in [-0.39, 0.29) is 5.56 Å². The predicted molar refractivity (Wildman–Crippen MR) is 87.5 cm³/mol. The third-order valence-electron chi connectivity index (χ3n) is 3.82. The number of alkyl halides is 3. The molecule has 1 N–H and O–H groups in total. The first kappa shape index (κ1) is 17.6. The maximum Gasteiger partial charge on any atom is 0.412 e. The van der Waals surface area contributed by atoms with Crippen LogP contribution in [0.25, 0.3) is 11.0 Å². The number of carbonyl (C=O) groups excluding carboxylic acids is 1. The third kappa shape index (κ3) is 3.28. The average molecular weight is 362 g/mol. The van der Waals surface area contributed by atoms with Gasteiger partial charge in [-0.25, -0.2) is 4.98 Å². The van der Waals surface area contributed by atoms with E-state index in [9.17, 15) is 22.8 Å². The van der Waals surface area contributed by atoms with Crippen LogP contribution in [-0.2, 0) is 7.05 Å². The van der Waals surface area contributed by atoms with Crippen molar-refractivity contribution >= 4 is 16.9 Å². The summed E-state index contributed by atoms with van der Waals surface area (Å²) in [5.74, 6) is -1.21. The van der Waals surface area contributed by atoms with Crippen molar-refractivity contribution < 1.29 is 18.0 Å². The van der Waals surface area contributed by atoms with Crippen molar-refractivity contribution in [2.75, 3.05) is 0 Å². The second kappa shape index (κ2) is 6.58. The minimum atomic E-state index is -4.76.